The smallest absolute Gasteiger partial charge is 0.319 e. The fourth-order valence-electron chi connectivity index (χ4n) is 3.32. The lowest BCUT2D eigenvalue weighted by Crippen LogP contribution is -2.28. The lowest BCUT2D eigenvalue weighted by molar-refractivity contribution is 0.251. The van der Waals surface area contributed by atoms with Crippen LogP contribution in [0.15, 0.2) is 108 Å². The van der Waals surface area contributed by atoms with Crippen LogP contribution in [0.3, 0.4) is 0 Å². The Morgan fingerprint density at radius 2 is 1.58 bits per heavy atom. The number of pyridine rings is 1. The molecule has 1 aromatic heterocycles. The monoisotopic (exact) mass is 456 g/mol. The number of urea groups is 1. The van der Waals surface area contributed by atoms with Crippen LogP contribution in [0.1, 0.15) is 11.1 Å². The highest BCUT2D eigenvalue weighted by molar-refractivity contribution is 7.83. The highest BCUT2D eigenvalue weighted by Gasteiger charge is 2.08. The van der Waals surface area contributed by atoms with Crippen LogP contribution >= 0.6 is 0 Å². The van der Waals surface area contributed by atoms with Crippen molar-refractivity contribution in [3.05, 3.63) is 115 Å². The molecule has 0 aliphatic carbocycles. The molecular formula is C26H24N4O2S. The number of nitrogens with one attached hydrogen (secondary N) is 3. The van der Waals surface area contributed by atoms with Gasteiger partial charge in [0.25, 0.3) is 0 Å². The highest BCUT2D eigenvalue weighted by Crippen LogP contribution is 2.23. The fourth-order valence-corrected chi connectivity index (χ4v) is 4.16. The van der Waals surface area contributed by atoms with E-state index in [4.69, 9.17) is 0 Å². The number of anilines is 1. The molecule has 3 N–H and O–H groups in total. The van der Waals surface area contributed by atoms with Crippen molar-refractivity contribution < 1.29 is 9.00 Å². The minimum atomic E-state index is -1.38. The van der Waals surface area contributed by atoms with Crippen molar-refractivity contribution >= 4 is 22.7 Å². The Morgan fingerprint density at radius 3 is 2.33 bits per heavy atom. The molecule has 3 aromatic carbocycles. The molecule has 0 saturated heterocycles. The number of amides is 2. The molecule has 0 bridgehead atoms. The Morgan fingerprint density at radius 1 is 0.818 bits per heavy atom. The van der Waals surface area contributed by atoms with Crippen LogP contribution in [0.25, 0.3) is 11.1 Å². The van der Waals surface area contributed by atoms with Gasteiger partial charge in [0.1, 0.15) is 11.0 Å². The maximum Gasteiger partial charge on any atom is 0.319 e. The van der Waals surface area contributed by atoms with E-state index >= 15 is 0 Å². The van der Waals surface area contributed by atoms with Crippen LogP contribution in [0, 0.1) is 0 Å². The van der Waals surface area contributed by atoms with Crippen molar-refractivity contribution in [3.63, 3.8) is 0 Å². The van der Waals surface area contributed by atoms with E-state index in [-0.39, 0.29) is 6.03 Å². The number of nitrogens with zero attached hydrogens (tertiary/aromatic N) is 1. The lowest BCUT2D eigenvalue weighted by Gasteiger charge is -2.11. The molecule has 0 saturated carbocycles. The van der Waals surface area contributed by atoms with Crippen LogP contribution in [-0.4, -0.2) is 15.2 Å². The standard InChI is InChI=1S/C26H24N4O2S/c31-26(28-18-20-7-6-16-27-17-20)30-23-12-14-24(15-13-23)33(32)29-19-22-10-4-5-11-25(22)21-8-2-1-3-9-21/h1-17,29H,18-19H2,(H2,28,30,31). The van der Waals surface area contributed by atoms with Gasteiger partial charge in [-0.05, 0) is 52.6 Å². The van der Waals surface area contributed by atoms with Gasteiger partial charge in [0.15, 0.2) is 0 Å². The minimum absolute atomic E-state index is 0.316. The topological polar surface area (TPSA) is 83.1 Å². The summed E-state index contributed by atoms with van der Waals surface area (Å²) >= 11 is 0. The van der Waals surface area contributed by atoms with Gasteiger partial charge >= 0.3 is 6.03 Å². The van der Waals surface area contributed by atoms with E-state index in [2.05, 4.69) is 38.5 Å². The molecule has 0 radical (unpaired) electrons. The summed E-state index contributed by atoms with van der Waals surface area (Å²) in [5.41, 5.74) is 4.84. The molecule has 4 aromatic rings. The van der Waals surface area contributed by atoms with Gasteiger partial charge in [-0.3, -0.25) is 4.98 Å². The summed E-state index contributed by atoms with van der Waals surface area (Å²) in [4.78, 5) is 16.8. The van der Waals surface area contributed by atoms with E-state index in [1.54, 1.807) is 36.7 Å². The van der Waals surface area contributed by atoms with Gasteiger partial charge in [-0.2, -0.15) is 0 Å². The van der Waals surface area contributed by atoms with E-state index < -0.39 is 11.0 Å². The summed E-state index contributed by atoms with van der Waals surface area (Å²) in [5.74, 6) is 0. The third kappa shape index (κ3) is 6.35. The Hall–Kier alpha value is -3.81. The number of benzene rings is 3. The fraction of sp³-hybridized carbons (Fsp3) is 0.0769. The van der Waals surface area contributed by atoms with Crippen molar-refractivity contribution in [3.8, 4) is 11.1 Å². The van der Waals surface area contributed by atoms with Gasteiger partial charge in [-0.15, -0.1) is 0 Å². The van der Waals surface area contributed by atoms with E-state index in [0.717, 1.165) is 22.3 Å². The first-order valence-electron chi connectivity index (χ1n) is 10.5. The van der Waals surface area contributed by atoms with Crippen LogP contribution in [0.2, 0.25) is 0 Å². The first-order valence-corrected chi connectivity index (χ1v) is 11.7. The molecule has 7 heteroatoms. The molecule has 0 aliphatic heterocycles. The maximum absolute atomic E-state index is 12.8. The van der Waals surface area contributed by atoms with Crippen molar-refractivity contribution in [1.82, 2.24) is 15.0 Å². The average Bonchev–Trinajstić information content (AvgIpc) is 2.88. The van der Waals surface area contributed by atoms with Crippen LogP contribution in [0.5, 0.6) is 0 Å². The Kier molecular flexibility index (Phi) is 7.58. The minimum Gasteiger partial charge on any atom is -0.334 e. The van der Waals surface area contributed by atoms with Crippen LogP contribution < -0.4 is 15.4 Å². The third-order valence-corrected chi connectivity index (χ3v) is 6.10. The summed E-state index contributed by atoms with van der Waals surface area (Å²) in [6.45, 7) is 0.852. The predicted molar refractivity (Wildman–Crippen MR) is 132 cm³/mol. The SMILES string of the molecule is O=C(NCc1cccnc1)Nc1ccc(S(=O)NCc2ccccc2-c2ccccc2)cc1. The molecule has 0 fully saturated rings. The second kappa shape index (κ2) is 11.2. The number of hydrogen-bond acceptors (Lipinski definition) is 3. The molecule has 4 rings (SSSR count). The molecule has 1 atom stereocenters. The predicted octanol–water partition coefficient (Wildman–Crippen LogP) is 4.88. The second-order valence-electron chi connectivity index (χ2n) is 7.31. The molecule has 33 heavy (non-hydrogen) atoms. The zero-order valence-electron chi connectivity index (χ0n) is 17.9. The summed E-state index contributed by atoms with van der Waals surface area (Å²) in [6, 6.07) is 28.5. The quantitative estimate of drug-likeness (QED) is 0.353. The van der Waals surface area contributed by atoms with Crippen molar-refractivity contribution in [2.24, 2.45) is 0 Å². The molecular weight excluding hydrogens is 432 g/mol. The van der Waals surface area contributed by atoms with Gasteiger partial charge in [-0.1, -0.05) is 60.7 Å². The Balaban J connectivity index is 1.31. The lowest BCUT2D eigenvalue weighted by atomic mass is 10.00. The zero-order valence-corrected chi connectivity index (χ0v) is 18.7. The zero-order chi connectivity index (χ0) is 22.9. The molecule has 1 unspecified atom stereocenters. The van der Waals surface area contributed by atoms with Gasteiger partial charge in [0.05, 0.1) is 4.90 Å². The summed E-state index contributed by atoms with van der Waals surface area (Å²) in [5, 5.41) is 5.55. The third-order valence-electron chi connectivity index (χ3n) is 5.00. The molecule has 2 amide bonds. The van der Waals surface area contributed by atoms with Crippen LogP contribution in [-0.2, 0) is 24.1 Å². The van der Waals surface area contributed by atoms with Gasteiger partial charge < -0.3 is 10.6 Å². The molecule has 6 nitrogen and oxygen atoms in total. The summed E-state index contributed by atoms with van der Waals surface area (Å²) < 4.78 is 15.8. The van der Waals surface area contributed by atoms with Crippen LogP contribution in [0.4, 0.5) is 10.5 Å². The maximum atomic E-state index is 12.8. The summed E-state index contributed by atoms with van der Waals surface area (Å²) in [7, 11) is -1.38. The number of rotatable bonds is 8. The van der Waals surface area contributed by atoms with Gasteiger partial charge in [0.2, 0.25) is 0 Å². The number of hydrogen-bond donors (Lipinski definition) is 3. The molecule has 166 valence electrons. The molecule has 1 heterocycles. The van der Waals surface area contributed by atoms with Crippen molar-refractivity contribution in [2.75, 3.05) is 5.32 Å². The molecule has 0 spiro atoms. The highest BCUT2D eigenvalue weighted by atomic mass is 32.2. The van der Waals surface area contributed by atoms with E-state index in [0.29, 0.717) is 23.7 Å². The number of carbonyl (C=O) groups excluding carboxylic acids is 1. The van der Waals surface area contributed by atoms with E-state index in [1.165, 1.54) is 0 Å². The number of carbonyl (C=O) groups is 1. The normalized spacial score (nSPS) is 11.5. The largest absolute Gasteiger partial charge is 0.334 e. The van der Waals surface area contributed by atoms with E-state index in [9.17, 15) is 9.00 Å². The Labute approximate surface area is 195 Å². The number of aromatic nitrogens is 1. The summed E-state index contributed by atoms with van der Waals surface area (Å²) in [6.07, 6.45) is 3.39. The molecule has 0 aliphatic rings. The van der Waals surface area contributed by atoms with Gasteiger partial charge in [-0.25, -0.2) is 13.7 Å². The second-order valence-corrected chi connectivity index (χ2v) is 8.60. The average molecular weight is 457 g/mol. The first-order chi connectivity index (χ1) is 16.2. The first kappa shape index (κ1) is 22.4. The van der Waals surface area contributed by atoms with Crippen molar-refractivity contribution in [1.29, 1.82) is 0 Å². The van der Waals surface area contributed by atoms with Gasteiger partial charge in [0, 0.05) is 31.2 Å². The van der Waals surface area contributed by atoms with Crippen molar-refractivity contribution in [2.45, 2.75) is 18.0 Å². The Bertz CT molecular complexity index is 1220. The van der Waals surface area contributed by atoms with E-state index in [1.807, 2.05) is 48.5 Å².